The molecule has 1 aliphatic heterocycles. The van der Waals surface area contributed by atoms with Crippen molar-refractivity contribution in [2.75, 3.05) is 11.9 Å². The number of Topliss-reactive ketones (excluding diaryl/α,β-unsaturated/α-hetero) is 1. The molecule has 2 fully saturated rings. The highest BCUT2D eigenvalue weighted by Crippen LogP contribution is 2.33. The minimum Gasteiger partial charge on any atom is -0.326 e. The number of carbonyl (C=O) groups is 4. The van der Waals surface area contributed by atoms with Gasteiger partial charge in [-0.25, -0.2) is 4.79 Å². The van der Waals surface area contributed by atoms with Crippen molar-refractivity contribution in [3.8, 4) is 0 Å². The van der Waals surface area contributed by atoms with Gasteiger partial charge < -0.3 is 10.6 Å². The third-order valence-electron chi connectivity index (χ3n) is 5.07. The van der Waals surface area contributed by atoms with E-state index in [9.17, 15) is 19.2 Å². The fourth-order valence-corrected chi connectivity index (χ4v) is 3.63. The van der Waals surface area contributed by atoms with Crippen LogP contribution in [0.25, 0.3) is 0 Å². The molecule has 1 saturated heterocycles. The van der Waals surface area contributed by atoms with E-state index in [0.29, 0.717) is 24.1 Å². The van der Waals surface area contributed by atoms with Gasteiger partial charge in [0.2, 0.25) is 5.91 Å². The van der Waals surface area contributed by atoms with Crippen LogP contribution in [0.5, 0.6) is 0 Å². The van der Waals surface area contributed by atoms with E-state index >= 15 is 0 Å². The molecule has 0 unspecified atom stereocenters. The first-order chi connectivity index (χ1) is 12.4. The van der Waals surface area contributed by atoms with Crippen LogP contribution in [0.4, 0.5) is 10.5 Å². The molecule has 1 spiro atoms. The first kappa shape index (κ1) is 18.1. The van der Waals surface area contributed by atoms with E-state index in [2.05, 4.69) is 10.6 Å². The van der Waals surface area contributed by atoms with Gasteiger partial charge in [0.25, 0.3) is 5.91 Å². The van der Waals surface area contributed by atoms with E-state index < -0.39 is 11.6 Å². The second-order valence-corrected chi connectivity index (χ2v) is 6.96. The smallest absolute Gasteiger partial charge is 0.325 e. The van der Waals surface area contributed by atoms with E-state index in [1.807, 2.05) is 0 Å². The number of urea groups is 1. The molecule has 2 N–H and O–H groups in total. The average molecular weight is 357 g/mol. The lowest BCUT2D eigenvalue weighted by molar-refractivity contribution is -0.132. The minimum absolute atomic E-state index is 0.0134. The number of amides is 4. The molecular weight excluding hydrogens is 334 g/mol. The Labute approximate surface area is 152 Å². The predicted molar refractivity (Wildman–Crippen MR) is 95.8 cm³/mol. The van der Waals surface area contributed by atoms with Crippen molar-refractivity contribution in [1.29, 1.82) is 0 Å². The molecule has 1 saturated carbocycles. The van der Waals surface area contributed by atoms with Crippen molar-refractivity contribution in [3.05, 3.63) is 29.8 Å². The third kappa shape index (κ3) is 3.61. The number of nitrogens with one attached hydrogen (secondary N) is 2. The van der Waals surface area contributed by atoms with Crippen LogP contribution in [0.1, 0.15) is 55.8 Å². The SMILES string of the molecule is CC(=O)c1cccc(NC(=O)CCN2C(=O)NC3(CCCCC3)C2=O)c1. The lowest BCUT2D eigenvalue weighted by Gasteiger charge is -2.30. The van der Waals surface area contributed by atoms with E-state index in [1.54, 1.807) is 24.3 Å². The lowest BCUT2D eigenvalue weighted by Crippen LogP contribution is -2.48. The molecule has 0 atom stereocenters. The highest BCUT2D eigenvalue weighted by atomic mass is 16.2. The van der Waals surface area contributed by atoms with Crippen molar-refractivity contribution in [1.82, 2.24) is 10.2 Å². The molecule has 1 aromatic rings. The van der Waals surface area contributed by atoms with E-state index in [4.69, 9.17) is 0 Å². The van der Waals surface area contributed by atoms with E-state index in [0.717, 1.165) is 24.2 Å². The lowest BCUT2D eigenvalue weighted by atomic mass is 9.82. The Morgan fingerprint density at radius 1 is 1.19 bits per heavy atom. The Balaban J connectivity index is 1.57. The Bertz CT molecular complexity index is 753. The maximum Gasteiger partial charge on any atom is 0.325 e. The fourth-order valence-electron chi connectivity index (χ4n) is 3.63. The van der Waals surface area contributed by atoms with Crippen LogP contribution in [0.15, 0.2) is 24.3 Å². The van der Waals surface area contributed by atoms with Gasteiger partial charge in [-0.1, -0.05) is 31.4 Å². The largest absolute Gasteiger partial charge is 0.326 e. The topological polar surface area (TPSA) is 95.6 Å². The van der Waals surface area contributed by atoms with Crippen molar-refractivity contribution < 1.29 is 19.2 Å². The van der Waals surface area contributed by atoms with Gasteiger partial charge in [-0.3, -0.25) is 19.3 Å². The highest BCUT2D eigenvalue weighted by molar-refractivity contribution is 6.07. The van der Waals surface area contributed by atoms with Gasteiger partial charge in [0.15, 0.2) is 5.78 Å². The monoisotopic (exact) mass is 357 g/mol. The molecule has 3 rings (SSSR count). The minimum atomic E-state index is -0.762. The third-order valence-corrected chi connectivity index (χ3v) is 5.07. The number of anilines is 1. The first-order valence-electron chi connectivity index (χ1n) is 8.96. The van der Waals surface area contributed by atoms with E-state index in [-0.39, 0.29) is 30.6 Å². The molecule has 1 aliphatic carbocycles. The summed E-state index contributed by atoms with van der Waals surface area (Å²) >= 11 is 0. The van der Waals surface area contributed by atoms with E-state index in [1.165, 1.54) is 6.92 Å². The molecule has 0 bridgehead atoms. The summed E-state index contributed by atoms with van der Waals surface area (Å²) in [5.41, 5.74) is 0.265. The van der Waals surface area contributed by atoms with Gasteiger partial charge in [-0.2, -0.15) is 0 Å². The summed E-state index contributed by atoms with van der Waals surface area (Å²) in [5.74, 6) is -0.609. The molecule has 1 aromatic carbocycles. The normalized spacial score (nSPS) is 18.7. The van der Waals surface area contributed by atoms with Crippen molar-refractivity contribution in [2.45, 2.75) is 51.0 Å². The highest BCUT2D eigenvalue weighted by Gasteiger charge is 2.50. The Kier molecular flexibility index (Phi) is 5.06. The van der Waals surface area contributed by atoms with Crippen LogP contribution in [0.3, 0.4) is 0 Å². The molecular formula is C19H23N3O4. The van der Waals surface area contributed by atoms with Gasteiger partial charge in [-0.15, -0.1) is 0 Å². The maximum absolute atomic E-state index is 12.7. The van der Waals surface area contributed by atoms with Gasteiger partial charge in [0.05, 0.1) is 0 Å². The predicted octanol–water partition coefficient (Wildman–Crippen LogP) is 2.47. The van der Waals surface area contributed by atoms with Crippen LogP contribution in [0.2, 0.25) is 0 Å². The number of carbonyl (C=O) groups excluding carboxylic acids is 4. The van der Waals surface area contributed by atoms with Crippen molar-refractivity contribution in [2.24, 2.45) is 0 Å². The number of hydrogen-bond donors (Lipinski definition) is 2. The van der Waals surface area contributed by atoms with Crippen molar-refractivity contribution >= 4 is 29.3 Å². The average Bonchev–Trinajstić information content (AvgIpc) is 2.84. The second kappa shape index (κ2) is 7.27. The number of nitrogens with zero attached hydrogens (tertiary/aromatic N) is 1. The number of ketones is 1. The molecule has 7 nitrogen and oxygen atoms in total. The molecule has 1 heterocycles. The molecule has 0 radical (unpaired) electrons. The van der Waals surface area contributed by atoms with Crippen LogP contribution >= 0.6 is 0 Å². The standard InChI is InChI=1S/C19H23N3O4/c1-13(23)14-6-5-7-15(12-14)20-16(24)8-11-22-17(25)19(21-18(22)26)9-3-2-4-10-19/h5-7,12H,2-4,8-11H2,1H3,(H,20,24)(H,21,26). The van der Waals surface area contributed by atoms with Crippen LogP contribution in [-0.4, -0.2) is 40.6 Å². The number of imide groups is 1. The quantitative estimate of drug-likeness (QED) is 0.625. The zero-order valence-electron chi connectivity index (χ0n) is 14.8. The summed E-state index contributed by atoms with van der Waals surface area (Å²) in [6.45, 7) is 1.50. The Morgan fingerprint density at radius 3 is 2.62 bits per heavy atom. The van der Waals surface area contributed by atoms with Gasteiger partial charge in [0.1, 0.15) is 5.54 Å². The van der Waals surface area contributed by atoms with Crippen LogP contribution < -0.4 is 10.6 Å². The molecule has 26 heavy (non-hydrogen) atoms. The maximum atomic E-state index is 12.7. The summed E-state index contributed by atoms with van der Waals surface area (Å²) in [4.78, 5) is 49.5. The van der Waals surface area contributed by atoms with Gasteiger partial charge in [-0.05, 0) is 31.9 Å². The van der Waals surface area contributed by atoms with Crippen LogP contribution in [0, 0.1) is 0 Å². The summed E-state index contributed by atoms with van der Waals surface area (Å²) < 4.78 is 0. The summed E-state index contributed by atoms with van der Waals surface area (Å²) in [6, 6.07) is 6.24. The summed E-state index contributed by atoms with van der Waals surface area (Å²) in [6.07, 6.45) is 4.27. The number of benzene rings is 1. The van der Waals surface area contributed by atoms with Crippen LogP contribution in [-0.2, 0) is 9.59 Å². The number of rotatable bonds is 5. The van der Waals surface area contributed by atoms with Crippen molar-refractivity contribution in [3.63, 3.8) is 0 Å². The second-order valence-electron chi connectivity index (χ2n) is 6.96. The molecule has 0 aromatic heterocycles. The van der Waals surface area contributed by atoms with Gasteiger partial charge >= 0.3 is 6.03 Å². The Hall–Kier alpha value is -2.70. The zero-order valence-corrected chi connectivity index (χ0v) is 14.8. The summed E-state index contributed by atoms with van der Waals surface area (Å²) in [5, 5.41) is 5.53. The van der Waals surface area contributed by atoms with Gasteiger partial charge in [0, 0.05) is 24.2 Å². The molecule has 138 valence electrons. The molecule has 7 heteroatoms. The summed E-state index contributed by atoms with van der Waals surface area (Å²) in [7, 11) is 0. The zero-order chi connectivity index (χ0) is 18.7. The Morgan fingerprint density at radius 2 is 1.92 bits per heavy atom. The molecule has 4 amide bonds. The number of hydrogen-bond acceptors (Lipinski definition) is 4. The molecule has 2 aliphatic rings. The fraction of sp³-hybridized carbons (Fsp3) is 0.474. The first-order valence-corrected chi connectivity index (χ1v) is 8.96.